The number of aliphatic carboxylic acids is 1. The molecule has 1 aliphatic heterocycles. The fourth-order valence-electron chi connectivity index (χ4n) is 6.00. The van der Waals surface area contributed by atoms with Gasteiger partial charge in [0, 0.05) is 43.5 Å². The minimum atomic E-state index is -3.87. The lowest BCUT2D eigenvalue weighted by molar-refractivity contribution is -0.146. The molecule has 1 aromatic carbocycles. The van der Waals surface area contributed by atoms with Crippen molar-refractivity contribution in [1.29, 1.82) is 0 Å². The Morgan fingerprint density at radius 1 is 1.00 bits per heavy atom. The molecule has 0 saturated carbocycles. The largest absolute Gasteiger partial charge is 0.480 e. The van der Waals surface area contributed by atoms with Crippen molar-refractivity contribution in [2.24, 2.45) is 5.41 Å². The molecule has 2 amide bonds. The summed E-state index contributed by atoms with van der Waals surface area (Å²) in [6.45, 7) is 17.2. The maximum Gasteiger partial charge on any atom is 0.419 e. The van der Waals surface area contributed by atoms with E-state index < -0.39 is 65.0 Å². The summed E-state index contributed by atoms with van der Waals surface area (Å²) < 4.78 is 59.7. The van der Waals surface area contributed by atoms with E-state index in [1.54, 1.807) is 53.4 Å². The Bertz CT molecular complexity index is 1240. The lowest BCUT2D eigenvalue weighted by Crippen LogP contribution is -2.66. The average molecular weight is 661 g/mol. The van der Waals surface area contributed by atoms with Crippen molar-refractivity contribution in [1.82, 2.24) is 9.80 Å². The first-order valence-corrected chi connectivity index (χ1v) is 17.2. The minimum absolute atomic E-state index is 0.0275. The van der Waals surface area contributed by atoms with E-state index in [0.29, 0.717) is 0 Å². The van der Waals surface area contributed by atoms with Gasteiger partial charge >= 0.3 is 18.2 Å². The molecule has 0 aliphatic carbocycles. The van der Waals surface area contributed by atoms with Gasteiger partial charge in [-0.1, -0.05) is 26.8 Å². The summed E-state index contributed by atoms with van der Waals surface area (Å²) in [6, 6.07) is 2.37. The SMILES string of the molecule is CCOP1(=O)CCN(Cc2ccc(F)cc2F)C(C(C)(C)C)C1(CCCCN(C(=O)OC(C)(C)C)C(=O)OC(C)(C)C)C(=O)O. The Balaban J connectivity index is 2.49. The zero-order valence-corrected chi connectivity index (χ0v) is 29.3. The maximum absolute atomic E-state index is 14.8. The molecule has 13 heteroatoms. The van der Waals surface area contributed by atoms with Crippen LogP contribution < -0.4 is 0 Å². The third-order valence-electron chi connectivity index (χ3n) is 7.44. The van der Waals surface area contributed by atoms with E-state index in [1.807, 2.05) is 20.8 Å². The van der Waals surface area contributed by atoms with Crippen molar-refractivity contribution < 1.29 is 46.8 Å². The lowest BCUT2D eigenvalue weighted by Gasteiger charge is -2.55. The molecular weight excluding hydrogens is 609 g/mol. The van der Waals surface area contributed by atoms with Gasteiger partial charge in [0.25, 0.3) is 0 Å². The highest BCUT2D eigenvalue weighted by Crippen LogP contribution is 2.67. The van der Waals surface area contributed by atoms with Crippen molar-refractivity contribution in [3.63, 3.8) is 0 Å². The number of benzene rings is 1. The third-order valence-corrected chi connectivity index (χ3v) is 10.8. The van der Waals surface area contributed by atoms with E-state index in [0.717, 1.165) is 17.0 Å². The maximum atomic E-state index is 14.8. The first kappa shape index (κ1) is 38.6. The highest BCUT2D eigenvalue weighted by Gasteiger charge is 2.66. The number of carboxylic acid groups (broad SMARTS) is 1. The predicted octanol–water partition coefficient (Wildman–Crippen LogP) is 7.68. The summed E-state index contributed by atoms with van der Waals surface area (Å²) in [5.74, 6) is -2.79. The summed E-state index contributed by atoms with van der Waals surface area (Å²) in [5.41, 5.74) is -2.36. The number of hydrogen-bond acceptors (Lipinski definition) is 8. The molecule has 3 unspecified atom stereocenters. The van der Waals surface area contributed by atoms with Crippen LogP contribution in [-0.4, -0.2) is 81.3 Å². The molecule has 1 saturated heterocycles. The van der Waals surface area contributed by atoms with E-state index in [9.17, 15) is 32.8 Å². The lowest BCUT2D eigenvalue weighted by atomic mass is 9.74. The molecule has 1 fully saturated rings. The Kier molecular flexibility index (Phi) is 12.4. The second-order valence-corrected chi connectivity index (χ2v) is 17.4. The molecule has 0 radical (unpaired) electrons. The van der Waals surface area contributed by atoms with Crippen LogP contribution in [0.4, 0.5) is 18.4 Å². The van der Waals surface area contributed by atoms with Gasteiger partial charge in [0.05, 0.1) is 6.61 Å². The van der Waals surface area contributed by atoms with Gasteiger partial charge in [-0.3, -0.25) is 14.3 Å². The van der Waals surface area contributed by atoms with Crippen LogP contribution in [0.1, 0.15) is 94.1 Å². The van der Waals surface area contributed by atoms with Gasteiger partial charge in [-0.15, -0.1) is 0 Å². The molecule has 0 aromatic heterocycles. The summed E-state index contributed by atoms with van der Waals surface area (Å²) in [7, 11) is -3.87. The molecule has 0 spiro atoms. The second kappa shape index (κ2) is 14.5. The van der Waals surface area contributed by atoms with Crippen molar-refractivity contribution in [3.05, 3.63) is 35.4 Å². The fraction of sp³-hybridized carbons (Fsp3) is 0.719. The molecule has 1 N–H and O–H groups in total. The molecule has 3 atom stereocenters. The van der Waals surface area contributed by atoms with Gasteiger partial charge in [0.1, 0.15) is 22.8 Å². The minimum Gasteiger partial charge on any atom is -0.480 e. The molecule has 1 aliphatic rings. The van der Waals surface area contributed by atoms with Crippen LogP contribution in [0.25, 0.3) is 0 Å². The van der Waals surface area contributed by atoms with Crippen LogP contribution >= 0.6 is 7.37 Å². The zero-order valence-electron chi connectivity index (χ0n) is 28.4. The first-order valence-electron chi connectivity index (χ1n) is 15.4. The summed E-state index contributed by atoms with van der Waals surface area (Å²) in [5, 5.41) is 9.03. The third kappa shape index (κ3) is 9.72. The topological polar surface area (TPSA) is 123 Å². The van der Waals surface area contributed by atoms with Crippen LogP contribution in [0.2, 0.25) is 0 Å². The zero-order chi connectivity index (χ0) is 34.6. The smallest absolute Gasteiger partial charge is 0.419 e. The summed E-state index contributed by atoms with van der Waals surface area (Å²) >= 11 is 0. The Morgan fingerprint density at radius 2 is 1.56 bits per heavy atom. The van der Waals surface area contributed by atoms with Gasteiger partial charge in [-0.25, -0.2) is 23.3 Å². The number of carboxylic acids is 1. The molecule has 2 rings (SSSR count). The van der Waals surface area contributed by atoms with Crippen LogP contribution in [0.15, 0.2) is 18.2 Å². The number of carbonyl (C=O) groups is 3. The molecular formula is C32H51F2N2O8P. The number of carbonyl (C=O) groups excluding carboxylic acids is 2. The number of halogens is 2. The van der Waals surface area contributed by atoms with E-state index in [-0.39, 0.29) is 57.2 Å². The molecule has 10 nitrogen and oxygen atoms in total. The first-order chi connectivity index (χ1) is 20.5. The fourth-order valence-corrected chi connectivity index (χ4v) is 9.41. The van der Waals surface area contributed by atoms with Crippen molar-refractivity contribution in [2.45, 2.75) is 117 Å². The van der Waals surface area contributed by atoms with E-state index in [2.05, 4.69) is 0 Å². The molecule has 1 heterocycles. The normalized spacial score (nSPS) is 23.0. The van der Waals surface area contributed by atoms with Crippen molar-refractivity contribution >= 4 is 25.5 Å². The van der Waals surface area contributed by atoms with Crippen molar-refractivity contribution in [3.8, 4) is 0 Å². The Morgan fingerprint density at radius 3 is 2.00 bits per heavy atom. The highest BCUT2D eigenvalue weighted by molar-refractivity contribution is 7.62. The average Bonchev–Trinajstić information content (AvgIpc) is 2.84. The number of nitrogens with zero attached hydrogens (tertiary/aromatic N) is 2. The molecule has 45 heavy (non-hydrogen) atoms. The number of hydrogen-bond donors (Lipinski definition) is 1. The van der Waals surface area contributed by atoms with Gasteiger partial charge in [0.15, 0.2) is 5.16 Å². The van der Waals surface area contributed by atoms with Crippen LogP contribution in [0.5, 0.6) is 0 Å². The van der Waals surface area contributed by atoms with Crippen LogP contribution in [0, 0.1) is 17.0 Å². The number of rotatable bonds is 10. The van der Waals surface area contributed by atoms with Gasteiger partial charge in [-0.2, -0.15) is 0 Å². The summed E-state index contributed by atoms with van der Waals surface area (Å²) in [4.78, 5) is 42.0. The monoisotopic (exact) mass is 660 g/mol. The second-order valence-electron chi connectivity index (χ2n) is 14.6. The summed E-state index contributed by atoms with van der Waals surface area (Å²) in [6.07, 6.45) is -1.69. The molecule has 0 bridgehead atoms. The van der Waals surface area contributed by atoms with Gasteiger partial charge in [0.2, 0.25) is 7.37 Å². The number of unbranched alkanes of at least 4 members (excludes halogenated alkanes) is 1. The predicted molar refractivity (Wildman–Crippen MR) is 168 cm³/mol. The van der Waals surface area contributed by atoms with E-state index in [4.69, 9.17) is 14.0 Å². The van der Waals surface area contributed by atoms with Crippen molar-refractivity contribution in [2.75, 3.05) is 25.9 Å². The quantitative estimate of drug-likeness (QED) is 0.199. The number of ether oxygens (including phenoxy) is 2. The number of amides is 2. The Hall–Kier alpha value is -2.56. The highest BCUT2D eigenvalue weighted by atomic mass is 31.2. The molecule has 1 aromatic rings. The van der Waals surface area contributed by atoms with Crippen LogP contribution in [0.3, 0.4) is 0 Å². The number of imide groups is 1. The van der Waals surface area contributed by atoms with Gasteiger partial charge < -0.3 is 19.1 Å². The standard InChI is InChI=1S/C32H51F2N2O8P/c1-11-42-45(41)19-18-35(21-22-14-15-23(33)20-24(22)34)25(29(2,3)4)32(45,26(37)38)16-12-13-17-36(27(39)43-30(5,6)7)28(40)44-31(8,9)10/h14-15,20,25H,11-13,16-19,21H2,1-10H3,(H,37,38). The van der Waals surface area contributed by atoms with E-state index in [1.165, 1.54) is 6.07 Å². The Labute approximate surface area is 266 Å². The van der Waals surface area contributed by atoms with Crippen LogP contribution in [-0.2, 0) is 29.9 Å². The molecule has 256 valence electrons. The van der Waals surface area contributed by atoms with Gasteiger partial charge in [-0.05, 0) is 79.2 Å². The van der Waals surface area contributed by atoms with E-state index >= 15 is 0 Å².